The van der Waals surface area contributed by atoms with E-state index in [4.69, 9.17) is 0 Å². The van der Waals surface area contributed by atoms with Crippen LogP contribution in [-0.2, 0) is 4.74 Å². The minimum Gasteiger partial charge on any atom is -0.372 e. The summed E-state index contributed by atoms with van der Waals surface area (Å²) in [5.74, 6) is 0. The Kier molecular flexibility index (Phi) is 6.05. The molecular formula is C9H16BrF3O. The van der Waals surface area contributed by atoms with Crippen molar-refractivity contribution in [3.05, 3.63) is 0 Å². The number of halogens is 4. The fraction of sp³-hybridized carbons (Fsp3) is 1.00. The van der Waals surface area contributed by atoms with Gasteiger partial charge in [-0.05, 0) is 18.3 Å². The van der Waals surface area contributed by atoms with Crippen molar-refractivity contribution >= 4 is 15.9 Å². The number of ether oxygens (including phenoxy) is 1. The first-order valence-electron chi connectivity index (χ1n) is 4.53. The Hall–Kier alpha value is 0.230. The van der Waals surface area contributed by atoms with Crippen molar-refractivity contribution in [1.82, 2.24) is 0 Å². The molecule has 0 radical (unpaired) electrons. The molecule has 0 heterocycles. The topological polar surface area (TPSA) is 9.23 Å². The molecule has 0 aromatic heterocycles. The molecule has 0 aliphatic heterocycles. The molecule has 0 bridgehead atoms. The highest BCUT2D eigenvalue weighted by atomic mass is 79.9. The van der Waals surface area contributed by atoms with E-state index in [0.29, 0.717) is 6.42 Å². The second-order valence-corrected chi connectivity index (χ2v) is 4.28. The second kappa shape index (κ2) is 5.95. The van der Waals surface area contributed by atoms with Gasteiger partial charge in [0.1, 0.15) is 6.61 Å². The zero-order valence-electron chi connectivity index (χ0n) is 8.46. The van der Waals surface area contributed by atoms with E-state index in [9.17, 15) is 13.2 Å². The minimum absolute atomic E-state index is 0.0333. The molecule has 5 heteroatoms. The molecule has 0 aliphatic rings. The van der Waals surface area contributed by atoms with E-state index in [1.165, 1.54) is 0 Å². The predicted molar refractivity (Wildman–Crippen MR) is 53.7 cm³/mol. The summed E-state index contributed by atoms with van der Waals surface area (Å²) in [5, 5.41) is 0.784. The van der Waals surface area contributed by atoms with Crippen molar-refractivity contribution in [1.29, 1.82) is 0 Å². The highest BCUT2D eigenvalue weighted by molar-refractivity contribution is 9.09. The summed E-state index contributed by atoms with van der Waals surface area (Å²) in [4.78, 5) is 0. The van der Waals surface area contributed by atoms with Crippen molar-refractivity contribution in [3.63, 3.8) is 0 Å². The minimum atomic E-state index is -4.21. The Morgan fingerprint density at radius 2 is 1.86 bits per heavy atom. The van der Waals surface area contributed by atoms with Gasteiger partial charge in [0, 0.05) is 11.9 Å². The third kappa shape index (κ3) is 6.65. The lowest BCUT2D eigenvalue weighted by molar-refractivity contribution is -0.175. The van der Waals surface area contributed by atoms with E-state index in [2.05, 4.69) is 20.7 Å². The summed E-state index contributed by atoms with van der Waals surface area (Å²) in [6.45, 7) is 3.06. The van der Waals surface area contributed by atoms with Crippen molar-refractivity contribution in [3.8, 4) is 0 Å². The van der Waals surface area contributed by atoms with Gasteiger partial charge in [0.15, 0.2) is 0 Å². The van der Waals surface area contributed by atoms with Crippen LogP contribution >= 0.6 is 15.9 Å². The van der Waals surface area contributed by atoms with Gasteiger partial charge < -0.3 is 4.74 Å². The summed E-state index contributed by atoms with van der Waals surface area (Å²) in [5.41, 5.74) is 0.0333. The Morgan fingerprint density at radius 1 is 1.29 bits per heavy atom. The molecule has 0 N–H and O–H groups in total. The molecule has 1 unspecified atom stereocenters. The Bertz CT molecular complexity index is 155. The molecular weight excluding hydrogens is 261 g/mol. The second-order valence-electron chi connectivity index (χ2n) is 3.72. The molecule has 14 heavy (non-hydrogen) atoms. The highest BCUT2D eigenvalue weighted by Crippen LogP contribution is 2.28. The van der Waals surface area contributed by atoms with Crippen LogP contribution in [0.4, 0.5) is 13.2 Å². The van der Waals surface area contributed by atoms with Gasteiger partial charge in [-0.2, -0.15) is 13.2 Å². The van der Waals surface area contributed by atoms with Crippen molar-refractivity contribution in [2.75, 3.05) is 18.5 Å². The van der Waals surface area contributed by atoms with E-state index < -0.39 is 12.8 Å². The lowest BCUT2D eigenvalue weighted by Gasteiger charge is -2.25. The average Bonchev–Trinajstić information content (AvgIpc) is 2.11. The molecule has 0 aromatic carbocycles. The first-order valence-corrected chi connectivity index (χ1v) is 5.65. The van der Waals surface area contributed by atoms with Gasteiger partial charge in [0.25, 0.3) is 0 Å². The lowest BCUT2D eigenvalue weighted by atomic mass is 9.87. The van der Waals surface area contributed by atoms with E-state index in [-0.39, 0.29) is 12.0 Å². The van der Waals surface area contributed by atoms with Crippen LogP contribution in [0.2, 0.25) is 0 Å². The first-order chi connectivity index (χ1) is 6.33. The maximum absolute atomic E-state index is 11.7. The maximum atomic E-state index is 11.7. The molecule has 0 aromatic rings. The fourth-order valence-corrected chi connectivity index (χ4v) is 1.52. The quantitative estimate of drug-likeness (QED) is 0.530. The van der Waals surface area contributed by atoms with Crippen LogP contribution in [0.5, 0.6) is 0 Å². The Labute approximate surface area is 91.1 Å². The van der Waals surface area contributed by atoms with Crippen LogP contribution in [-0.4, -0.2) is 24.7 Å². The molecule has 0 amide bonds. The molecule has 1 atom stereocenters. The fourth-order valence-electron chi connectivity index (χ4n) is 0.845. The average molecular weight is 277 g/mol. The number of hydrogen-bond acceptors (Lipinski definition) is 1. The van der Waals surface area contributed by atoms with Gasteiger partial charge in [-0.15, -0.1) is 0 Å². The number of rotatable bonds is 6. The van der Waals surface area contributed by atoms with Crippen LogP contribution in [0.1, 0.15) is 26.7 Å². The molecule has 0 saturated carbocycles. The Morgan fingerprint density at radius 3 is 2.21 bits per heavy atom. The molecule has 1 nitrogen and oxygen atoms in total. The van der Waals surface area contributed by atoms with Crippen molar-refractivity contribution < 1.29 is 17.9 Å². The van der Waals surface area contributed by atoms with E-state index in [1.54, 1.807) is 0 Å². The smallest absolute Gasteiger partial charge is 0.372 e. The molecule has 0 saturated heterocycles. The summed E-state index contributed by atoms with van der Waals surface area (Å²) in [7, 11) is 0. The predicted octanol–water partition coefficient (Wildman–Crippen LogP) is 3.77. The van der Waals surface area contributed by atoms with Gasteiger partial charge in [0.05, 0.1) is 0 Å². The summed E-state index contributed by atoms with van der Waals surface area (Å²) >= 11 is 3.35. The van der Waals surface area contributed by atoms with E-state index in [0.717, 1.165) is 11.8 Å². The van der Waals surface area contributed by atoms with Crippen LogP contribution in [0.15, 0.2) is 0 Å². The van der Waals surface area contributed by atoms with Crippen molar-refractivity contribution in [2.45, 2.75) is 32.9 Å². The molecule has 86 valence electrons. The van der Waals surface area contributed by atoms with Crippen molar-refractivity contribution in [2.24, 2.45) is 5.41 Å². The maximum Gasteiger partial charge on any atom is 0.411 e. The summed E-state index contributed by atoms with van der Waals surface area (Å²) in [6.07, 6.45) is -2.64. The van der Waals surface area contributed by atoms with Gasteiger partial charge in [0.2, 0.25) is 0 Å². The monoisotopic (exact) mass is 276 g/mol. The zero-order chi connectivity index (χ0) is 11.2. The van der Waals surface area contributed by atoms with Gasteiger partial charge in [-0.1, -0.05) is 29.8 Å². The van der Waals surface area contributed by atoms with E-state index in [1.807, 2.05) is 13.8 Å². The van der Waals surface area contributed by atoms with Crippen LogP contribution in [0.25, 0.3) is 0 Å². The first kappa shape index (κ1) is 14.2. The highest BCUT2D eigenvalue weighted by Gasteiger charge is 2.28. The normalized spacial score (nSPS) is 16.7. The van der Waals surface area contributed by atoms with E-state index >= 15 is 0 Å². The zero-order valence-corrected chi connectivity index (χ0v) is 10.0. The largest absolute Gasteiger partial charge is 0.411 e. The van der Waals surface area contributed by atoms with Gasteiger partial charge in [-0.25, -0.2) is 0 Å². The van der Waals surface area contributed by atoms with Gasteiger partial charge in [-0.3, -0.25) is 0 Å². The molecule has 0 aliphatic carbocycles. The Balaban J connectivity index is 3.63. The lowest BCUT2D eigenvalue weighted by Crippen LogP contribution is -2.22. The number of hydrogen-bond donors (Lipinski definition) is 0. The molecule has 0 fully saturated rings. The standard InChI is InChI=1S/C9H16BrF3O/c1-3-8(2,6-10)4-5-14-7-9(11,12)13/h3-7H2,1-2H3. The van der Waals surface area contributed by atoms with Crippen LogP contribution < -0.4 is 0 Å². The third-order valence-corrected chi connectivity index (χ3v) is 3.65. The van der Waals surface area contributed by atoms with Crippen LogP contribution in [0.3, 0.4) is 0 Å². The molecule has 0 rings (SSSR count). The summed E-state index contributed by atoms with van der Waals surface area (Å²) in [6, 6.07) is 0. The van der Waals surface area contributed by atoms with Crippen LogP contribution in [0, 0.1) is 5.41 Å². The summed E-state index contributed by atoms with van der Waals surface area (Å²) < 4.78 is 39.7. The molecule has 0 spiro atoms. The third-order valence-electron chi connectivity index (χ3n) is 2.29. The number of alkyl halides is 4. The SMILES string of the molecule is CCC(C)(CBr)CCOCC(F)(F)F. The van der Waals surface area contributed by atoms with Gasteiger partial charge >= 0.3 is 6.18 Å².